The smallest absolute Gasteiger partial charge is 0.269 e. The summed E-state index contributed by atoms with van der Waals surface area (Å²) in [6.07, 6.45) is 4.86. The van der Waals surface area contributed by atoms with Crippen molar-refractivity contribution >= 4 is 24.1 Å². The maximum absolute atomic E-state index is 11.9. The SMILES string of the molecule is CC1(C)CCC(CNC(=O)c2cccc(N)n2)CC1.Cl. The minimum absolute atomic E-state index is 0. The van der Waals surface area contributed by atoms with Crippen LogP contribution in [0.1, 0.15) is 50.0 Å². The van der Waals surface area contributed by atoms with Gasteiger partial charge in [0.1, 0.15) is 11.5 Å². The van der Waals surface area contributed by atoms with Crippen molar-refractivity contribution in [3.63, 3.8) is 0 Å². The van der Waals surface area contributed by atoms with Gasteiger partial charge in [-0.2, -0.15) is 0 Å². The van der Waals surface area contributed by atoms with Crippen molar-refractivity contribution in [2.75, 3.05) is 12.3 Å². The second-order valence-corrected chi connectivity index (χ2v) is 6.27. The molecule has 1 fully saturated rings. The Balaban J connectivity index is 0.00000200. The fourth-order valence-corrected chi connectivity index (χ4v) is 2.57. The molecule has 0 unspecified atom stereocenters. The number of carbonyl (C=O) groups excluding carboxylic acids is 1. The summed E-state index contributed by atoms with van der Waals surface area (Å²) in [5, 5.41) is 2.97. The highest BCUT2D eigenvalue weighted by molar-refractivity contribution is 5.92. The Morgan fingerprint density at radius 3 is 2.65 bits per heavy atom. The fraction of sp³-hybridized carbons (Fsp3) is 0.600. The zero-order chi connectivity index (χ0) is 13.9. The van der Waals surface area contributed by atoms with Gasteiger partial charge in [0.25, 0.3) is 5.91 Å². The number of anilines is 1. The second-order valence-electron chi connectivity index (χ2n) is 6.27. The molecule has 3 N–H and O–H groups in total. The molecule has 0 saturated heterocycles. The summed E-state index contributed by atoms with van der Waals surface area (Å²) in [7, 11) is 0. The van der Waals surface area contributed by atoms with Crippen LogP contribution in [0.4, 0.5) is 5.82 Å². The van der Waals surface area contributed by atoms with Crippen LogP contribution in [0.2, 0.25) is 0 Å². The molecule has 1 heterocycles. The number of pyridine rings is 1. The first-order valence-electron chi connectivity index (χ1n) is 6.97. The van der Waals surface area contributed by atoms with E-state index in [1.165, 1.54) is 25.7 Å². The van der Waals surface area contributed by atoms with Crippen molar-refractivity contribution in [3.8, 4) is 0 Å². The van der Waals surface area contributed by atoms with Gasteiger partial charge in [-0.25, -0.2) is 4.98 Å². The average Bonchev–Trinajstić information content (AvgIpc) is 2.37. The number of nitrogens with zero attached hydrogens (tertiary/aromatic N) is 1. The van der Waals surface area contributed by atoms with Gasteiger partial charge in [-0.05, 0) is 49.1 Å². The summed E-state index contributed by atoms with van der Waals surface area (Å²) in [5.41, 5.74) is 6.44. The molecule has 5 heteroatoms. The van der Waals surface area contributed by atoms with Gasteiger partial charge in [0.2, 0.25) is 0 Å². The number of hydrogen-bond donors (Lipinski definition) is 2. The van der Waals surface area contributed by atoms with Crippen molar-refractivity contribution in [3.05, 3.63) is 23.9 Å². The molecule has 0 atom stereocenters. The first-order valence-corrected chi connectivity index (χ1v) is 6.97. The predicted octanol–water partition coefficient (Wildman–Crippen LogP) is 3.03. The summed E-state index contributed by atoms with van der Waals surface area (Å²) >= 11 is 0. The lowest BCUT2D eigenvalue weighted by Gasteiger charge is -2.34. The van der Waals surface area contributed by atoms with Gasteiger partial charge in [-0.15, -0.1) is 12.4 Å². The summed E-state index contributed by atoms with van der Waals surface area (Å²) in [6, 6.07) is 5.12. The molecule has 0 bridgehead atoms. The van der Waals surface area contributed by atoms with Gasteiger partial charge < -0.3 is 11.1 Å². The minimum atomic E-state index is -0.128. The Morgan fingerprint density at radius 1 is 1.40 bits per heavy atom. The normalized spacial score (nSPS) is 18.1. The highest BCUT2D eigenvalue weighted by Crippen LogP contribution is 2.37. The molecule has 1 aromatic heterocycles. The van der Waals surface area contributed by atoms with Gasteiger partial charge >= 0.3 is 0 Å². The molecule has 1 aliphatic rings. The van der Waals surface area contributed by atoms with E-state index < -0.39 is 0 Å². The summed E-state index contributed by atoms with van der Waals surface area (Å²) < 4.78 is 0. The molecule has 4 nitrogen and oxygen atoms in total. The molecule has 1 aromatic rings. The molecule has 0 radical (unpaired) electrons. The van der Waals surface area contributed by atoms with Gasteiger partial charge in [0.05, 0.1) is 0 Å². The van der Waals surface area contributed by atoms with Crippen molar-refractivity contribution in [1.29, 1.82) is 0 Å². The molecule has 0 spiro atoms. The molecule has 1 amide bonds. The molecule has 1 saturated carbocycles. The molecule has 2 rings (SSSR count). The fourth-order valence-electron chi connectivity index (χ4n) is 2.57. The maximum atomic E-state index is 11.9. The van der Waals surface area contributed by atoms with E-state index in [4.69, 9.17) is 5.73 Å². The lowest BCUT2D eigenvalue weighted by atomic mass is 9.73. The Labute approximate surface area is 126 Å². The highest BCUT2D eigenvalue weighted by Gasteiger charge is 2.26. The Morgan fingerprint density at radius 2 is 2.05 bits per heavy atom. The van der Waals surface area contributed by atoms with Crippen molar-refractivity contribution in [1.82, 2.24) is 10.3 Å². The van der Waals surface area contributed by atoms with E-state index in [9.17, 15) is 4.79 Å². The van der Waals surface area contributed by atoms with Crippen LogP contribution in [0, 0.1) is 11.3 Å². The summed E-state index contributed by atoms with van der Waals surface area (Å²) in [5.74, 6) is 0.849. The number of amides is 1. The lowest BCUT2D eigenvalue weighted by Crippen LogP contribution is -2.33. The number of aromatic nitrogens is 1. The molecule has 112 valence electrons. The second kappa shape index (κ2) is 6.93. The van der Waals surface area contributed by atoms with Crippen LogP contribution in [0.5, 0.6) is 0 Å². The lowest BCUT2D eigenvalue weighted by molar-refractivity contribution is 0.0931. The number of nitrogen functional groups attached to an aromatic ring is 1. The third-order valence-electron chi connectivity index (χ3n) is 4.01. The molecule has 1 aliphatic carbocycles. The van der Waals surface area contributed by atoms with E-state index >= 15 is 0 Å². The van der Waals surface area contributed by atoms with Gasteiger partial charge in [-0.1, -0.05) is 19.9 Å². The van der Waals surface area contributed by atoms with Crippen LogP contribution in [0.25, 0.3) is 0 Å². The third kappa shape index (κ3) is 4.67. The predicted molar refractivity (Wildman–Crippen MR) is 84.0 cm³/mol. The standard InChI is InChI=1S/C15H23N3O.ClH/c1-15(2)8-6-11(7-9-15)10-17-14(19)12-4-3-5-13(16)18-12;/h3-5,11H,6-10H2,1-2H3,(H2,16,18)(H,17,19);1H. The number of rotatable bonds is 3. The maximum Gasteiger partial charge on any atom is 0.269 e. The van der Waals surface area contributed by atoms with Gasteiger partial charge in [-0.3, -0.25) is 4.79 Å². The molecular formula is C15H24ClN3O. The largest absolute Gasteiger partial charge is 0.384 e. The Hall–Kier alpha value is -1.29. The Bertz CT molecular complexity index is 452. The summed E-state index contributed by atoms with van der Waals surface area (Å²) in [6.45, 7) is 5.38. The average molecular weight is 298 g/mol. The van der Waals surface area contributed by atoms with E-state index in [1.807, 2.05) is 0 Å². The first-order chi connectivity index (χ1) is 8.96. The molecular weight excluding hydrogens is 274 g/mol. The van der Waals surface area contributed by atoms with Crippen LogP contribution < -0.4 is 11.1 Å². The number of hydrogen-bond acceptors (Lipinski definition) is 3. The van der Waals surface area contributed by atoms with E-state index in [2.05, 4.69) is 24.1 Å². The summed E-state index contributed by atoms with van der Waals surface area (Å²) in [4.78, 5) is 16.0. The van der Waals surface area contributed by atoms with E-state index in [-0.39, 0.29) is 18.3 Å². The van der Waals surface area contributed by atoms with Gasteiger partial charge in [0, 0.05) is 6.54 Å². The molecule has 0 aromatic carbocycles. The number of nitrogens with two attached hydrogens (primary N) is 1. The molecule has 20 heavy (non-hydrogen) atoms. The van der Waals surface area contributed by atoms with Crippen molar-refractivity contribution < 1.29 is 4.79 Å². The number of carbonyl (C=O) groups is 1. The number of nitrogens with one attached hydrogen (secondary N) is 1. The molecule has 0 aliphatic heterocycles. The van der Waals surface area contributed by atoms with Crippen LogP contribution in [-0.4, -0.2) is 17.4 Å². The zero-order valence-electron chi connectivity index (χ0n) is 12.2. The topological polar surface area (TPSA) is 68.0 Å². The van der Waals surface area contributed by atoms with Crippen LogP contribution in [0.15, 0.2) is 18.2 Å². The van der Waals surface area contributed by atoms with Gasteiger partial charge in [0.15, 0.2) is 0 Å². The van der Waals surface area contributed by atoms with Crippen LogP contribution >= 0.6 is 12.4 Å². The quantitative estimate of drug-likeness (QED) is 0.901. The van der Waals surface area contributed by atoms with E-state index in [1.54, 1.807) is 18.2 Å². The van der Waals surface area contributed by atoms with Crippen LogP contribution in [0.3, 0.4) is 0 Å². The first kappa shape index (κ1) is 16.8. The minimum Gasteiger partial charge on any atom is -0.384 e. The third-order valence-corrected chi connectivity index (χ3v) is 4.01. The van der Waals surface area contributed by atoms with Crippen molar-refractivity contribution in [2.24, 2.45) is 11.3 Å². The monoisotopic (exact) mass is 297 g/mol. The highest BCUT2D eigenvalue weighted by atomic mass is 35.5. The van der Waals surface area contributed by atoms with E-state index in [0.717, 1.165) is 6.54 Å². The number of halogens is 1. The zero-order valence-corrected chi connectivity index (χ0v) is 13.0. The van der Waals surface area contributed by atoms with Crippen LogP contribution in [-0.2, 0) is 0 Å². The Kier molecular flexibility index (Phi) is 5.81. The van der Waals surface area contributed by atoms with Crippen molar-refractivity contribution in [2.45, 2.75) is 39.5 Å². The van der Waals surface area contributed by atoms with E-state index in [0.29, 0.717) is 22.8 Å².